The van der Waals surface area contributed by atoms with Gasteiger partial charge in [-0.15, -0.1) is 0 Å². The van der Waals surface area contributed by atoms with Gasteiger partial charge in [0.25, 0.3) is 0 Å². The van der Waals surface area contributed by atoms with Gasteiger partial charge in [0.2, 0.25) is 0 Å². The normalized spacial score (nSPS) is 13.4. The third-order valence-corrected chi connectivity index (χ3v) is 5.15. The van der Waals surface area contributed by atoms with Crippen LogP contribution in [0.25, 0.3) is 0 Å². The molecule has 0 N–H and O–H groups in total. The van der Waals surface area contributed by atoms with Crippen molar-refractivity contribution in [1.29, 1.82) is 0 Å². The maximum Gasteiger partial charge on any atom is 0.318 e. The molecule has 0 saturated heterocycles. The minimum atomic E-state index is -0.497. The highest BCUT2D eigenvalue weighted by molar-refractivity contribution is 5.82. The van der Waals surface area contributed by atoms with Crippen molar-refractivity contribution >= 4 is 5.97 Å². The van der Waals surface area contributed by atoms with E-state index in [1.165, 1.54) is 0 Å². The standard InChI is InChI=1S/C24H33NO4/c1-5-25(6-2)17-21(28-4)22(18-27-3)29-24(26)23(19-13-9-7-10-14-19)20-15-11-8-12-16-20/h7-16,21-23H,5-6,17-18H2,1-4H3. The van der Waals surface area contributed by atoms with Gasteiger partial charge in [0.15, 0.2) is 6.10 Å². The summed E-state index contributed by atoms with van der Waals surface area (Å²) in [5.41, 5.74) is 1.80. The number of ether oxygens (including phenoxy) is 3. The molecule has 0 bridgehead atoms. The number of nitrogens with zero attached hydrogens (tertiary/aromatic N) is 1. The number of carbonyl (C=O) groups excluding carboxylic acids is 1. The Morgan fingerprint density at radius 2 is 1.38 bits per heavy atom. The zero-order valence-corrected chi connectivity index (χ0v) is 17.9. The molecule has 0 aromatic heterocycles. The van der Waals surface area contributed by atoms with E-state index in [0.717, 1.165) is 24.2 Å². The minimum absolute atomic E-state index is 0.272. The number of methoxy groups -OCH3 is 2. The molecule has 0 saturated carbocycles. The highest BCUT2D eigenvalue weighted by atomic mass is 16.6. The fourth-order valence-electron chi connectivity index (χ4n) is 3.43. The van der Waals surface area contributed by atoms with Crippen LogP contribution in [0.15, 0.2) is 60.7 Å². The zero-order chi connectivity index (χ0) is 21.1. The molecule has 5 heteroatoms. The minimum Gasteiger partial charge on any atom is -0.456 e. The van der Waals surface area contributed by atoms with Crippen molar-refractivity contribution in [3.63, 3.8) is 0 Å². The molecule has 2 atom stereocenters. The molecule has 2 aromatic carbocycles. The summed E-state index contributed by atoms with van der Waals surface area (Å²) in [4.78, 5) is 15.6. The molecule has 2 unspecified atom stereocenters. The predicted molar refractivity (Wildman–Crippen MR) is 115 cm³/mol. The molecule has 0 aliphatic heterocycles. The molecule has 29 heavy (non-hydrogen) atoms. The van der Waals surface area contributed by atoms with Crippen LogP contribution >= 0.6 is 0 Å². The van der Waals surface area contributed by atoms with Gasteiger partial charge in [-0.2, -0.15) is 0 Å². The molecule has 0 fully saturated rings. The lowest BCUT2D eigenvalue weighted by atomic mass is 9.91. The van der Waals surface area contributed by atoms with E-state index in [1.807, 2.05) is 60.7 Å². The molecule has 5 nitrogen and oxygen atoms in total. The van der Waals surface area contributed by atoms with E-state index in [9.17, 15) is 4.79 Å². The largest absolute Gasteiger partial charge is 0.456 e. The monoisotopic (exact) mass is 399 g/mol. The maximum absolute atomic E-state index is 13.3. The van der Waals surface area contributed by atoms with Gasteiger partial charge < -0.3 is 19.1 Å². The van der Waals surface area contributed by atoms with Gasteiger partial charge in [-0.25, -0.2) is 0 Å². The number of likely N-dealkylation sites (N-methyl/N-ethyl adjacent to an activating group) is 1. The summed E-state index contributed by atoms with van der Waals surface area (Å²) in [6.07, 6.45) is -0.765. The topological polar surface area (TPSA) is 48.0 Å². The number of hydrogen-bond donors (Lipinski definition) is 0. The second-order valence-electron chi connectivity index (χ2n) is 6.95. The molecule has 0 amide bonds. The average molecular weight is 400 g/mol. The Hall–Kier alpha value is -2.21. The Kier molecular flexibility index (Phi) is 9.84. The molecule has 2 rings (SSSR count). The lowest BCUT2D eigenvalue weighted by Crippen LogP contribution is -2.45. The SMILES string of the molecule is CCN(CC)CC(OC)C(COC)OC(=O)C(c1ccccc1)c1ccccc1. The molecular weight excluding hydrogens is 366 g/mol. The molecule has 0 aliphatic carbocycles. The summed E-state index contributed by atoms with van der Waals surface area (Å²) in [5, 5.41) is 0. The summed E-state index contributed by atoms with van der Waals surface area (Å²) in [5.74, 6) is -0.797. The lowest BCUT2D eigenvalue weighted by molar-refractivity contribution is -0.162. The molecule has 2 aromatic rings. The molecule has 158 valence electrons. The van der Waals surface area contributed by atoms with Gasteiger partial charge in [0, 0.05) is 20.8 Å². The van der Waals surface area contributed by atoms with Crippen molar-refractivity contribution in [3.8, 4) is 0 Å². The molecule has 0 aliphatic rings. The van der Waals surface area contributed by atoms with E-state index < -0.39 is 12.0 Å². The van der Waals surface area contributed by atoms with Crippen molar-refractivity contribution < 1.29 is 19.0 Å². The first kappa shape index (κ1) is 23.1. The second-order valence-corrected chi connectivity index (χ2v) is 6.95. The number of esters is 1. The summed E-state index contributed by atoms with van der Waals surface area (Å²) in [6, 6.07) is 19.4. The number of carbonyl (C=O) groups is 1. The second kappa shape index (κ2) is 12.4. The Balaban J connectivity index is 2.26. The molecule has 0 radical (unpaired) electrons. The van der Waals surface area contributed by atoms with E-state index in [2.05, 4.69) is 18.7 Å². The maximum atomic E-state index is 13.3. The van der Waals surface area contributed by atoms with Gasteiger partial charge in [-0.1, -0.05) is 74.5 Å². The Labute approximate surface area is 174 Å². The van der Waals surface area contributed by atoms with Crippen LogP contribution in [0.5, 0.6) is 0 Å². The van der Waals surface area contributed by atoms with Crippen molar-refractivity contribution in [3.05, 3.63) is 71.8 Å². The first-order chi connectivity index (χ1) is 14.1. The quantitative estimate of drug-likeness (QED) is 0.509. The molecule has 0 spiro atoms. The van der Waals surface area contributed by atoms with Crippen molar-refractivity contribution in [1.82, 2.24) is 4.90 Å². The number of hydrogen-bond acceptors (Lipinski definition) is 5. The predicted octanol–water partition coefficient (Wildman–Crippen LogP) is 3.73. The van der Waals surface area contributed by atoms with E-state index in [0.29, 0.717) is 6.54 Å². The van der Waals surface area contributed by atoms with Gasteiger partial charge in [-0.05, 0) is 24.2 Å². The Bertz CT molecular complexity index is 664. The summed E-state index contributed by atoms with van der Waals surface area (Å²) in [7, 11) is 3.26. The van der Waals surface area contributed by atoms with E-state index in [1.54, 1.807) is 14.2 Å². The summed E-state index contributed by atoms with van der Waals surface area (Å²) < 4.78 is 17.0. The summed E-state index contributed by atoms with van der Waals surface area (Å²) in [6.45, 7) is 6.97. The molecule has 0 heterocycles. The highest BCUT2D eigenvalue weighted by Crippen LogP contribution is 2.27. The van der Waals surface area contributed by atoms with Crippen LogP contribution in [0.3, 0.4) is 0 Å². The molecular formula is C24H33NO4. The fraction of sp³-hybridized carbons (Fsp3) is 0.458. The number of rotatable bonds is 12. The Morgan fingerprint density at radius 1 is 0.862 bits per heavy atom. The van der Waals surface area contributed by atoms with Gasteiger partial charge >= 0.3 is 5.97 Å². The first-order valence-electron chi connectivity index (χ1n) is 10.2. The van der Waals surface area contributed by atoms with Crippen LogP contribution in [0.2, 0.25) is 0 Å². The van der Waals surface area contributed by atoms with E-state index in [-0.39, 0.29) is 18.7 Å². The van der Waals surface area contributed by atoms with Crippen LogP contribution in [-0.4, -0.2) is 63.5 Å². The lowest BCUT2D eigenvalue weighted by Gasteiger charge is -2.31. The average Bonchev–Trinajstić information content (AvgIpc) is 2.76. The van der Waals surface area contributed by atoms with E-state index >= 15 is 0 Å². The third-order valence-electron chi connectivity index (χ3n) is 5.15. The van der Waals surface area contributed by atoms with E-state index in [4.69, 9.17) is 14.2 Å². The smallest absolute Gasteiger partial charge is 0.318 e. The van der Waals surface area contributed by atoms with Gasteiger partial charge in [0.05, 0.1) is 6.61 Å². The van der Waals surface area contributed by atoms with Gasteiger partial charge in [0.1, 0.15) is 12.0 Å². The Morgan fingerprint density at radius 3 is 1.79 bits per heavy atom. The van der Waals surface area contributed by atoms with Crippen LogP contribution in [0.1, 0.15) is 30.9 Å². The van der Waals surface area contributed by atoms with Crippen LogP contribution in [0, 0.1) is 0 Å². The van der Waals surface area contributed by atoms with Crippen molar-refractivity contribution in [2.24, 2.45) is 0 Å². The first-order valence-corrected chi connectivity index (χ1v) is 10.2. The van der Waals surface area contributed by atoms with Crippen molar-refractivity contribution in [2.75, 3.05) is 40.5 Å². The zero-order valence-electron chi connectivity index (χ0n) is 17.9. The van der Waals surface area contributed by atoms with Gasteiger partial charge in [-0.3, -0.25) is 4.79 Å². The third kappa shape index (κ3) is 6.67. The van der Waals surface area contributed by atoms with Crippen LogP contribution < -0.4 is 0 Å². The fourth-order valence-corrected chi connectivity index (χ4v) is 3.43. The van der Waals surface area contributed by atoms with Crippen LogP contribution in [0.4, 0.5) is 0 Å². The summed E-state index contributed by atoms with van der Waals surface area (Å²) >= 11 is 0. The number of benzene rings is 2. The highest BCUT2D eigenvalue weighted by Gasteiger charge is 2.31. The van der Waals surface area contributed by atoms with Crippen LogP contribution in [-0.2, 0) is 19.0 Å². The van der Waals surface area contributed by atoms with Crippen molar-refractivity contribution in [2.45, 2.75) is 32.0 Å².